The lowest BCUT2D eigenvalue weighted by Crippen LogP contribution is -2.49. The Kier molecular flexibility index (Phi) is 4.25. The van der Waals surface area contributed by atoms with Crippen molar-refractivity contribution < 1.29 is 4.79 Å². The highest BCUT2D eigenvalue weighted by Crippen LogP contribution is 2.22. The number of nitrogens with one attached hydrogen (secondary N) is 1. The van der Waals surface area contributed by atoms with E-state index in [1.807, 2.05) is 0 Å². The average molecular weight is 254 g/mol. The molecule has 0 radical (unpaired) electrons. The van der Waals surface area contributed by atoms with Gasteiger partial charge in [-0.2, -0.15) is 0 Å². The van der Waals surface area contributed by atoms with Gasteiger partial charge in [0.15, 0.2) is 0 Å². The second-order valence-electron chi connectivity index (χ2n) is 6.12. The van der Waals surface area contributed by atoms with Crippen molar-refractivity contribution in [1.29, 1.82) is 0 Å². The normalized spacial score (nSPS) is 30.9. The lowest BCUT2D eigenvalue weighted by atomic mass is 10.1. The maximum atomic E-state index is 11.5. The van der Waals surface area contributed by atoms with E-state index >= 15 is 0 Å². The Balaban J connectivity index is 1.85. The van der Waals surface area contributed by atoms with E-state index in [2.05, 4.69) is 36.1 Å². The molecule has 5 heteroatoms. The van der Waals surface area contributed by atoms with Crippen LogP contribution in [0, 0.1) is 5.92 Å². The molecular weight excluding hydrogens is 228 g/mol. The van der Waals surface area contributed by atoms with Crippen LogP contribution in [-0.4, -0.2) is 67.6 Å². The molecule has 1 aliphatic heterocycles. The summed E-state index contributed by atoms with van der Waals surface area (Å²) in [6.07, 6.45) is 2.36. The predicted molar refractivity (Wildman–Crippen MR) is 72.2 cm³/mol. The minimum absolute atomic E-state index is 0.189. The molecule has 104 valence electrons. The zero-order valence-electron chi connectivity index (χ0n) is 11.7. The van der Waals surface area contributed by atoms with Gasteiger partial charge >= 0.3 is 0 Å². The monoisotopic (exact) mass is 254 g/mol. The van der Waals surface area contributed by atoms with Gasteiger partial charge in [-0.25, -0.2) is 0 Å². The highest BCUT2D eigenvalue weighted by molar-refractivity contribution is 5.80. The van der Waals surface area contributed by atoms with Crippen LogP contribution < -0.4 is 11.1 Å². The standard InChI is InChI=1S/C13H26N4O/c1-9-6-17(8-12(9)16(2)3)7-11(13(14)18)15-10-4-5-10/h9-12,15H,4-8H2,1-3H3,(H2,14,18). The van der Waals surface area contributed by atoms with Gasteiger partial charge in [-0.05, 0) is 32.9 Å². The molecule has 18 heavy (non-hydrogen) atoms. The molecular formula is C13H26N4O. The van der Waals surface area contributed by atoms with E-state index in [1.54, 1.807) is 0 Å². The van der Waals surface area contributed by atoms with Crippen molar-refractivity contribution in [3.8, 4) is 0 Å². The topological polar surface area (TPSA) is 61.6 Å². The third-order valence-corrected chi connectivity index (χ3v) is 4.11. The summed E-state index contributed by atoms with van der Waals surface area (Å²) in [7, 11) is 4.25. The van der Waals surface area contributed by atoms with Gasteiger partial charge < -0.3 is 16.0 Å². The number of rotatable bonds is 6. The Morgan fingerprint density at radius 2 is 2.11 bits per heavy atom. The fourth-order valence-electron chi connectivity index (χ4n) is 2.89. The molecule has 3 N–H and O–H groups in total. The Morgan fingerprint density at radius 1 is 1.44 bits per heavy atom. The number of carbonyl (C=O) groups is 1. The van der Waals surface area contributed by atoms with Crippen LogP contribution in [0.2, 0.25) is 0 Å². The summed E-state index contributed by atoms with van der Waals surface area (Å²) in [6.45, 7) is 5.11. The first-order chi connectivity index (χ1) is 8.47. The van der Waals surface area contributed by atoms with Gasteiger partial charge in [0.25, 0.3) is 0 Å². The molecule has 1 saturated carbocycles. The number of amides is 1. The van der Waals surface area contributed by atoms with Crippen molar-refractivity contribution in [2.24, 2.45) is 11.7 Å². The summed E-state index contributed by atoms with van der Waals surface area (Å²) in [5, 5.41) is 3.35. The number of nitrogens with zero attached hydrogens (tertiary/aromatic N) is 2. The highest BCUT2D eigenvalue weighted by atomic mass is 16.1. The number of hydrogen-bond acceptors (Lipinski definition) is 4. The predicted octanol–water partition coefficient (Wildman–Crippen LogP) is -0.526. The van der Waals surface area contributed by atoms with Crippen LogP contribution in [0.4, 0.5) is 0 Å². The van der Waals surface area contributed by atoms with Gasteiger partial charge in [0.05, 0.1) is 6.04 Å². The van der Waals surface area contributed by atoms with Crippen molar-refractivity contribution in [2.45, 2.75) is 37.9 Å². The number of primary amides is 1. The van der Waals surface area contributed by atoms with Crippen molar-refractivity contribution in [3.05, 3.63) is 0 Å². The van der Waals surface area contributed by atoms with E-state index < -0.39 is 0 Å². The number of likely N-dealkylation sites (tertiary alicyclic amines) is 1. The third-order valence-electron chi connectivity index (χ3n) is 4.11. The number of hydrogen-bond donors (Lipinski definition) is 2. The SMILES string of the molecule is CC1CN(CC(NC2CC2)C(N)=O)CC1N(C)C. The molecule has 0 spiro atoms. The molecule has 0 aromatic carbocycles. The smallest absolute Gasteiger partial charge is 0.235 e. The van der Waals surface area contributed by atoms with Gasteiger partial charge in [0.1, 0.15) is 0 Å². The molecule has 3 atom stereocenters. The highest BCUT2D eigenvalue weighted by Gasteiger charge is 2.34. The zero-order valence-corrected chi connectivity index (χ0v) is 11.7. The molecule has 5 nitrogen and oxygen atoms in total. The fraction of sp³-hybridized carbons (Fsp3) is 0.923. The van der Waals surface area contributed by atoms with Crippen LogP contribution in [0.3, 0.4) is 0 Å². The van der Waals surface area contributed by atoms with Gasteiger partial charge in [-0.3, -0.25) is 9.69 Å². The van der Waals surface area contributed by atoms with E-state index in [0.717, 1.165) is 19.6 Å². The Bertz CT molecular complexity index is 303. The summed E-state index contributed by atoms with van der Waals surface area (Å²) in [6, 6.07) is 0.914. The van der Waals surface area contributed by atoms with Crippen molar-refractivity contribution >= 4 is 5.91 Å². The molecule has 1 saturated heterocycles. The molecule has 1 amide bonds. The summed E-state index contributed by atoms with van der Waals surface area (Å²) in [5.41, 5.74) is 5.48. The maximum Gasteiger partial charge on any atom is 0.235 e. The van der Waals surface area contributed by atoms with E-state index in [0.29, 0.717) is 18.0 Å². The van der Waals surface area contributed by atoms with Crippen LogP contribution in [0.5, 0.6) is 0 Å². The van der Waals surface area contributed by atoms with Crippen LogP contribution >= 0.6 is 0 Å². The Labute approximate surface area is 110 Å². The Morgan fingerprint density at radius 3 is 2.56 bits per heavy atom. The van der Waals surface area contributed by atoms with Gasteiger partial charge in [0, 0.05) is 31.7 Å². The third kappa shape index (κ3) is 3.43. The molecule has 0 aromatic heterocycles. The molecule has 2 rings (SSSR count). The number of likely N-dealkylation sites (N-methyl/N-ethyl adjacent to an activating group) is 1. The molecule has 2 aliphatic rings. The fourth-order valence-corrected chi connectivity index (χ4v) is 2.89. The van der Waals surface area contributed by atoms with Gasteiger partial charge in [-0.1, -0.05) is 6.92 Å². The second kappa shape index (κ2) is 5.55. The first-order valence-electron chi connectivity index (χ1n) is 6.91. The molecule has 2 fully saturated rings. The lowest BCUT2D eigenvalue weighted by molar-refractivity contribution is -0.120. The lowest BCUT2D eigenvalue weighted by Gasteiger charge is -2.24. The maximum absolute atomic E-state index is 11.5. The molecule has 1 heterocycles. The molecule has 0 bridgehead atoms. The zero-order chi connectivity index (χ0) is 13.3. The minimum Gasteiger partial charge on any atom is -0.368 e. The summed E-state index contributed by atoms with van der Waals surface area (Å²) >= 11 is 0. The molecule has 1 aliphatic carbocycles. The van der Waals surface area contributed by atoms with Crippen molar-refractivity contribution in [1.82, 2.24) is 15.1 Å². The average Bonchev–Trinajstić information content (AvgIpc) is 3.00. The summed E-state index contributed by atoms with van der Waals surface area (Å²) < 4.78 is 0. The summed E-state index contributed by atoms with van der Waals surface area (Å²) in [4.78, 5) is 16.1. The summed E-state index contributed by atoms with van der Waals surface area (Å²) in [5.74, 6) is 0.428. The minimum atomic E-state index is -0.220. The van der Waals surface area contributed by atoms with E-state index in [9.17, 15) is 4.79 Å². The number of carbonyl (C=O) groups excluding carboxylic acids is 1. The van der Waals surface area contributed by atoms with E-state index in [4.69, 9.17) is 5.73 Å². The van der Waals surface area contributed by atoms with Crippen LogP contribution in [-0.2, 0) is 4.79 Å². The molecule has 0 aromatic rings. The van der Waals surface area contributed by atoms with Gasteiger partial charge in [-0.15, -0.1) is 0 Å². The number of nitrogens with two attached hydrogens (primary N) is 1. The Hall–Kier alpha value is -0.650. The van der Waals surface area contributed by atoms with Crippen molar-refractivity contribution in [3.63, 3.8) is 0 Å². The van der Waals surface area contributed by atoms with E-state index in [-0.39, 0.29) is 11.9 Å². The van der Waals surface area contributed by atoms with Gasteiger partial charge in [0.2, 0.25) is 5.91 Å². The van der Waals surface area contributed by atoms with Crippen LogP contribution in [0.1, 0.15) is 19.8 Å². The van der Waals surface area contributed by atoms with Crippen LogP contribution in [0.15, 0.2) is 0 Å². The van der Waals surface area contributed by atoms with E-state index in [1.165, 1.54) is 12.8 Å². The van der Waals surface area contributed by atoms with Crippen LogP contribution in [0.25, 0.3) is 0 Å². The first kappa shape index (κ1) is 13.8. The largest absolute Gasteiger partial charge is 0.368 e. The van der Waals surface area contributed by atoms with Crippen molar-refractivity contribution in [2.75, 3.05) is 33.7 Å². The molecule has 3 unspecified atom stereocenters. The second-order valence-corrected chi connectivity index (χ2v) is 6.12. The quantitative estimate of drug-likeness (QED) is 0.669. The first-order valence-corrected chi connectivity index (χ1v) is 6.91.